The highest BCUT2D eigenvalue weighted by Gasteiger charge is 2.17. The Hall–Kier alpha value is -2.38. The first-order chi connectivity index (χ1) is 13.4. The standard InChI is InChI=1S/C19H20Cl2N4O3/c1-12(13-4-5-14(20)15(21)10-13)22-18(26)11-28-19(27)16-6-7-17(24-23-16)25-8-2-3-9-25/h4-7,10,12H,2-3,8-9,11H2,1H3,(H,22,26). The van der Waals surface area contributed by atoms with Gasteiger partial charge in [-0.25, -0.2) is 4.79 Å². The fourth-order valence-corrected chi connectivity index (χ4v) is 3.21. The summed E-state index contributed by atoms with van der Waals surface area (Å²) in [4.78, 5) is 26.2. The van der Waals surface area contributed by atoms with E-state index in [2.05, 4.69) is 20.4 Å². The van der Waals surface area contributed by atoms with Crippen LogP contribution < -0.4 is 10.2 Å². The average molecular weight is 423 g/mol. The van der Waals surface area contributed by atoms with E-state index in [9.17, 15) is 9.59 Å². The van der Waals surface area contributed by atoms with Crippen molar-refractivity contribution in [1.82, 2.24) is 15.5 Å². The molecule has 1 atom stereocenters. The summed E-state index contributed by atoms with van der Waals surface area (Å²) in [5.74, 6) is -0.395. The Labute approximate surface area is 173 Å². The number of hydrogen-bond donors (Lipinski definition) is 1. The number of halogens is 2. The fraction of sp³-hybridized carbons (Fsp3) is 0.368. The Kier molecular flexibility index (Phi) is 6.70. The topological polar surface area (TPSA) is 84.4 Å². The highest BCUT2D eigenvalue weighted by molar-refractivity contribution is 6.42. The first-order valence-electron chi connectivity index (χ1n) is 8.94. The molecule has 7 nitrogen and oxygen atoms in total. The molecule has 1 saturated heterocycles. The van der Waals surface area contributed by atoms with Gasteiger partial charge in [0.2, 0.25) is 0 Å². The lowest BCUT2D eigenvalue weighted by molar-refractivity contribution is -0.124. The first kappa shape index (κ1) is 20.4. The molecule has 1 aliphatic heterocycles. The van der Waals surface area contributed by atoms with Crippen molar-refractivity contribution in [1.29, 1.82) is 0 Å². The molecule has 1 fully saturated rings. The molecule has 2 heterocycles. The van der Waals surface area contributed by atoms with E-state index in [1.165, 1.54) is 0 Å². The minimum atomic E-state index is -0.696. The molecular formula is C19H20Cl2N4O3. The van der Waals surface area contributed by atoms with Gasteiger partial charge in [-0.15, -0.1) is 10.2 Å². The third-order valence-electron chi connectivity index (χ3n) is 4.45. The summed E-state index contributed by atoms with van der Waals surface area (Å²) < 4.78 is 5.02. The molecule has 148 valence electrons. The van der Waals surface area contributed by atoms with Crippen LogP contribution in [0.2, 0.25) is 10.0 Å². The van der Waals surface area contributed by atoms with Gasteiger partial charge in [0, 0.05) is 13.1 Å². The number of carbonyl (C=O) groups is 2. The molecule has 3 rings (SSSR count). The molecule has 9 heteroatoms. The van der Waals surface area contributed by atoms with E-state index < -0.39 is 18.5 Å². The normalized spacial score (nSPS) is 14.6. The van der Waals surface area contributed by atoms with Crippen molar-refractivity contribution < 1.29 is 14.3 Å². The Morgan fingerprint density at radius 2 is 1.89 bits per heavy atom. The Morgan fingerprint density at radius 1 is 1.14 bits per heavy atom. The summed E-state index contributed by atoms with van der Waals surface area (Å²) in [6, 6.07) is 8.08. The molecule has 0 aliphatic carbocycles. The molecule has 1 aromatic carbocycles. The minimum absolute atomic E-state index is 0.0632. The number of esters is 1. The van der Waals surface area contributed by atoms with Crippen LogP contribution in [0.4, 0.5) is 5.82 Å². The highest BCUT2D eigenvalue weighted by Crippen LogP contribution is 2.25. The van der Waals surface area contributed by atoms with Crippen molar-refractivity contribution in [2.24, 2.45) is 0 Å². The van der Waals surface area contributed by atoms with Crippen LogP contribution in [0.15, 0.2) is 30.3 Å². The van der Waals surface area contributed by atoms with Crippen LogP contribution in [0.25, 0.3) is 0 Å². The Balaban J connectivity index is 1.49. The van der Waals surface area contributed by atoms with Crippen molar-refractivity contribution in [2.75, 3.05) is 24.6 Å². The van der Waals surface area contributed by atoms with Crippen LogP contribution in [-0.4, -0.2) is 41.8 Å². The third kappa shape index (κ3) is 5.11. The lowest BCUT2D eigenvalue weighted by Crippen LogP contribution is -2.31. The molecule has 0 spiro atoms. The van der Waals surface area contributed by atoms with Gasteiger partial charge in [-0.1, -0.05) is 29.3 Å². The maximum absolute atomic E-state index is 12.1. The number of benzene rings is 1. The molecule has 28 heavy (non-hydrogen) atoms. The molecule has 0 saturated carbocycles. The summed E-state index contributed by atoms with van der Waals surface area (Å²) in [6.07, 6.45) is 2.25. The van der Waals surface area contributed by atoms with Crippen LogP contribution in [0, 0.1) is 0 Å². The lowest BCUT2D eigenvalue weighted by Gasteiger charge is -2.15. The van der Waals surface area contributed by atoms with E-state index >= 15 is 0 Å². The SMILES string of the molecule is CC(NC(=O)COC(=O)c1ccc(N2CCCC2)nn1)c1ccc(Cl)c(Cl)c1. The summed E-state index contributed by atoms with van der Waals surface area (Å²) in [5, 5.41) is 11.5. The number of rotatable bonds is 6. The largest absolute Gasteiger partial charge is 0.451 e. The van der Waals surface area contributed by atoms with E-state index in [0.29, 0.717) is 10.0 Å². The van der Waals surface area contributed by atoms with Crippen molar-refractivity contribution in [3.63, 3.8) is 0 Å². The van der Waals surface area contributed by atoms with E-state index in [0.717, 1.165) is 37.3 Å². The van der Waals surface area contributed by atoms with Gasteiger partial charge in [-0.05, 0) is 49.6 Å². The van der Waals surface area contributed by atoms with Gasteiger partial charge in [-0.2, -0.15) is 0 Å². The number of anilines is 1. The maximum Gasteiger partial charge on any atom is 0.359 e. The molecule has 0 bridgehead atoms. The van der Waals surface area contributed by atoms with Gasteiger partial charge in [0.15, 0.2) is 18.1 Å². The molecule has 2 aromatic rings. The van der Waals surface area contributed by atoms with Crippen LogP contribution in [0.3, 0.4) is 0 Å². The highest BCUT2D eigenvalue weighted by atomic mass is 35.5. The first-order valence-corrected chi connectivity index (χ1v) is 9.70. The second kappa shape index (κ2) is 9.21. The van der Waals surface area contributed by atoms with E-state index in [1.54, 1.807) is 37.3 Å². The number of aromatic nitrogens is 2. The summed E-state index contributed by atoms with van der Waals surface area (Å²) in [7, 11) is 0. The fourth-order valence-electron chi connectivity index (χ4n) is 2.90. The Morgan fingerprint density at radius 3 is 2.54 bits per heavy atom. The van der Waals surface area contributed by atoms with Gasteiger partial charge in [0.05, 0.1) is 16.1 Å². The van der Waals surface area contributed by atoms with E-state index in [-0.39, 0.29) is 11.7 Å². The van der Waals surface area contributed by atoms with Gasteiger partial charge in [0.1, 0.15) is 0 Å². The van der Waals surface area contributed by atoms with Gasteiger partial charge in [-0.3, -0.25) is 4.79 Å². The number of hydrogen-bond acceptors (Lipinski definition) is 6. The molecule has 0 radical (unpaired) electrons. The Bertz CT molecular complexity index is 855. The van der Waals surface area contributed by atoms with E-state index in [4.69, 9.17) is 27.9 Å². The van der Waals surface area contributed by atoms with Crippen LogP contribution in [-0.2, 0) is 9.53 Å². The van der Waals surface area contributed by atoms with Gasteiger partial charge >= 0.3 is 5.97 Å². The smallest absolute Gasteiger partial charge is 0.359 e. The third-order valence-corrected chi connectivity index (χ3v) is 5.18. The quantitative estimate of drug-likeness (QED) is 0.717. The average Bonchev–Trinajstić information content (AvgIpc) is 3.23. The number of ether oxygens (including phenoxy) is 1. The van der Waals surface area contributed by atoms with Crippen LogP contribution >= 0.6 is 23.2 Å². The van der Waals surface area contributed by atoms with Gasteiger partial charge in [0.25, 0.3) is 5.91 Å². The number of amides is 1. The van der Waals surface area contributed by atoms with Crippen molar-refractivity contribution in [3.8, 4) is 0 Å². The summed E-state index contributed by atoms with van der Waals surface area (Å²) in [6.45, 7) is 3.26. The zero-order valence-electron chi connectivity index (χ0n) is 15.3. The second-order valence-electron chi connectivity index (χ2n) is 6.51. The van der Waals surface area contributed by atoms with Gasteiger partial charge < -0.3 is 15.0 Å². The molecule has 1 unspecified atom stereocenters. The van der Waals surface area contributed by atoms with Crippen molar-refractivity contribution in [3.05, 3.63) is 51.6 Å². The van der Waals surface area contributed by atoms with E-state index in [1.807, 2.05) is 0 Å². The van der Waals surface area contributed by atoms with Crippen LogP contribution in [0.1, 0.15) is 41.9 Å². The minimum Gasteiger partial charge on any atom is -0.451 e. The number of nitrogens with zero attached hydrogens (tertiary/aromatic N) is 3. The van der Waals surface area contributed by atoms with Crippen molar-refractivity contribution >= 4 is 40.9 Å². The molecule has 1 N–H and O–H groups in total. The van der Waals surface area contributed by atoms with Crippen LogP contribution in [0.5, 0.6) is 0 Å². The zero-order chi connectivity index (χ0) is 20.1. The summed E-state index contributed by atoms with van der Waals surface area (Å²) >= 11 is 11.9. The second-order valence-corrected chi connectivity index (χ2v) is 7.32. The summed E-state index contributed by atoms with van der Waals surface area (Å²) in [5.41, 5.74) is 0.853. The lowest BCUT2D eigenvalue weighted by atomic mass is 10.1. The molecular weight excluding hydrogens is 403 g/mol. The zero-order valence-corrected chi connectivity index (χ0v) is 16.8. The monoisotopic (exact) mass is 422 g/mol. The van der Waals surface area contributed by atoms with Crippen molar-refractivity contribution in [2.45, 2.75) is 25.8 Å². The maximum atomic E-state index is 12.1. The predicted molar refractivity (Wildman–Crippen MR) is 107 cm³/mol. The number of nitrogens with one attached hydrogen (secondary N) is 1. The molecule has 1 aromatic heterocycles. The molecule has 1 aliphatic rings. The number of carbonyl (C=O) groups excluding carboxylic acids is 2. The predicted octanol–water partition coefficient (Wildman–Crippen LogP) is 3.42. The molecule has 1 amide bonds.